The van der Waals surface area contributed by atoms with Crippen molar-refractivity contribution in [1.82, 2.24) is 9.55 Å². The standard InChI is InChI=1S/C18H16N2O3S2/c21-17-15-12-7-4-8-13(12)25-16(15)19-14(10-24-18(22)23)20(17)9-11-5-2-1-3-6-11/h1-3,5-6H,4,7-10H2,(H,22,23). The molecular weight excluding hydrogens is 356 g/mol. The van der Waals surface area contributed by atoms with Gasteiger partial charge in [-0.05, 0) is 42.2 Å². The smallest absolute Gasteiger partial charge is 0.365 e. The average molecular weight is 372 g/mol. The molecule has 0 atom stereocenters. The molecule has 0 fully saturated rings. The maximum atomic E-state index is 13.2. The molecule has 0 bridgehead atoms. The van der Waals surface area contributed by atoms with Gasteiger partial charge in [0, 0.05) is 4.88 Å². The minimum Gasteiger partial charge on any atom is -0.473 e. The molecule has 5 nitrogen and oxygen atoms in total. The average Bonchev–Trinajstić information content (AvgIpc) is 3.17. The van der Waals surface area contributed by atoms with Crippen LogP contribution in [0, 0.1) is 0 Å². The summed E-state index contributed by atoms with van der Waals surface area (Å²) in [7, 11) is 0. The van der Waals surface area contributed by atoms with Gasteiger partial charge in [-0.15, -0.1) is 11.3 Å². The third kappa shape index (κ3) is 3.09. The Hall–Kier alpha value is -2.12. The van der Waals surface area contributed by atoms with Gasteiger partial charge in [-0.1, -0.05) is 30.3 Å². The van der Waals surface area contributed by atoms with Crippen LogP contribution in [0.5, 0.6) is 0 Å². The first kappa shape index (κ1) is 16.4. The van der Waals surface area contributed by atoms with Crippen molar-refractivity contribution >= 4 is 38.6 Å². The van der Waals surface area contributed by atoms with E-state index in [1.807, 2.05) is 30.3 Å². The molecule has 0 radical (unpaired) electrons. The molecule has 0 saturated carbocycles. The Morgan fingerprint density at radius 3 is 2.84 bits per heavy atom. The summed E-state index contributed by atoms with van der Waals surface area (Å²) in [5.41, 5.74) is 2.10. The Labute approximate surface area is 152 Å². The van der Waals surface area contributed by atoms with Gasteiger partial charge in [0.1, 0.15) is 10.7 Å². The van der Waals surface area contributed by atoms with Crippen LogP contribution in [-0.2, 0) is 25.1 Å². The van der Waals surface area contributed by atoms with E-state index in [-0.39, 0.29) is 11.3 Å². The molecule has 3 aromatic rings. The second kappa shape index (κ2) is 6.65. The minimum atomic E-state index is -0.964. The summed E-state index contributed by atoms with van der Waals surface area (Å²) < 4.78 is 1.64. The second-order valence-corrected chi connectivity index (χ2v) is 8.01. The number of benzene rings is 1. The molecule has 1 aliphatic carbocycles. The highest BCUT2D eigenvalue weighted by molar-refractivity contribution is 8.12. The van der Waals surface area contributed by atoms with Gasteiger partial charge < -0.3 is 5.11 Å². The summed E-state index contributed by atoms with van der Waals surface area (Å²) >= 11 is 2.34. The molecule has 0 spiro atoms. The molecule has 1 aliphatic rings. The molecule has 128 valence electrons. The molecule has 7 heteroatoms. The van der Waals surface area contributed by atoms with Crippen LogP contribution in [0.3, 0.4) is 0 Å². The summed E-state index contributed by atoms with van der Waals surface area (Å²) in [4.78, 5) is 30.8. The summed E-state index contributed by atoms with van der Waals surface area (Å²) in [5, 5.41) is 8.75. The van der Waals surface area contributed by atoms with Crippen molar-refractivity contribution < 1.29 is 9.90 Å². The Kier molecular flexibility index (Phi) is 4.35. The minimum absolute atomic E-state index is 0.0470. The molecule has 0 aliphatic heterocycles. The first-order chi connectivity index (χ1) is 12.1. The topological polar surface area (TPSA) is 72.2 Å². The summed E-state index contributed by atoms with van der Waals surface area (Å²) in [5.74, 6) is 0.698. The Balaban J connectivity index is 1.86. The quantitative estimate of drug-likeness (QED) is 0.752. The van der Waals surface area contributed by atoms with E-state index in [1.165, 1.54) is 4.88 Å². The summed E-state index contributed by atoms with van der Waals surface area (Å²) in [6, 6.07) is 9.72. The van der Waals surface area contributed by atoms with Crippen LogP contribution < -0.4 is 5.56 Å². The van der Waals surface area contributed by atoms with E-state index in [0.717, 1.165) is 52.4 Å². The van der Waals surface area contributed by atoms with Crippen molar-refractivity contribution in [2.75, 3.05) is 0 Å². The van der Waals surface area contributed by atoms with Gasteiger partial charge in [-0.25, -0.2) is 9.78 Å². The lowest BCUT2D eigenvalue weighted by molar-refractivity contribution is 0.222. The summed E-state index contributed by atoms with van der Waals surface area (Å²) in [6.45, 7) is 0.406. The zero-order valence-corrected chi connectivity index (χ0v) is 15.0. The van der Waals surface area contributed by atoms with E-state index in [2.05, 4.69) is 4.98 Å². The lowest BCUT2D eigenvalue weighted by Crippen LogP contribution is -2.26. The van der Waals surface area contributed by atoms with Crippen LogP contribution in [-0.4, -0.2) is 20.0 Å². The zero-order valence-electron chi connectivity index (χ0n) is 13.4. The van der Waals surface area contributed by atoms with Crippen LogP contribution in [0.25, 0.3) is 10.2 Å². The first-order valence-corrected chi connectivity index (χ1v) is 9.87. The number of carbonyl (C=O) groups is 1. The van der Waals surface area contributed by atoms with E-state index in [1.54, 1.807) is 15.9 Å². The molecule has 2 aromatic heterocycles. The van der Waals surface area contributed by atoms with E-state index >= 15 is 0 Å². The normalized spacial score (nSPS) is 13.3. The molecule has 2 heterocycles. The molecule has 0 unspecified atom stereocenters. The molecule has 1 aromatic carbocycles. The van der Waals surface area contributed by atoms with Crippen LogP contribution in [0.2, 0.25) is 0 Å². The van der Waals surface area contributed by atoms with Gasteiger partial charge in [-0.3, -0.25) is 9.36 Å². The Morgan fingerprint density at radius 2 is 2.08 bits per heavy atom. The maximum Gasteiger partial charge on any atom is 0.365 e. The number of thioether (sulfide) groups is 1. The van der Waals surface area contributed by atoms with Gasteiger partial charge in [0.25, 0.3) is 5.56 Å². The molecular formula is C18H16N2O3S2. The first-order valence-electron chi connectivity index (χ1n) is 8.07. The Bertz CT molecular complexity index is 1010. The molecule has 4 rings (SSSR count). The molecule has 1 N–H and O–H groups in total. The monoisotopic (exact) mass is 372 g/mol. The number of nitrogens with zero attached hydrogens (tertiary/aromatic N) is 2. The highest BCUT2D eigenvalue weighted by atomic mass is 32.2. The van der Waals surface area contributed by atoms with E-state index in [0.29, 0.717) is 12.4 Å². The van der Waals surface area contributed by atoms with Gasteiger partial charge in [0.15, 0.2) is 0 Å². The maximum absolute atomic E-state index is 13.2. The molecule has 0 saturated heterocycles. The van der Waals surface area contributed by atoms with Crippen LogP contribution in [0.1, 0.15) is 28.2 Å². The lowest BCUT2D eigenvalue weighted by Gasteiger charge is -2.12. The predicted molar refractivity (Wildman–Crippen MR) is 101 cm³/mol. The van der Waals surface area contributed by atoms with Crippen LogP contribution >= 0.6 is 23.1 Å². The van der Waals surface area contributed by atoms with Gasteiger partial charge >= 0.3 is 5.30 Å². The van der Waals surface area contributed by atoms with Crippen molar-refractivity contribution in [2.24, 2.45) is 0 Å². The molecule has 0 amide bonds. The van der Waals surface area contributed by atoms with E-state index in [4.69, 9.17) is 5.11 Å². The highest BCUT2D eigenvalue weighted by Crippen LogP contribution is 2.35. The van der Waals surface area contributed by atoms with E-state index in [9.17, 15) is 9.59 Å². The number of hydrogen-bond acceptors (Lipinski definition) is 5. The number of rotatable bonds is 4. The largest absolute Gasteiger partial charge is 0.473 e. The van der Waals surface area contributed by atoms with Crippen LogP contribution in [0.4, 0.5) is 4.79 Å². The van der Waals surface area contributed by atoms with Crippen molar-refractivity contribution in [3.8, 4) is 0 Å². The third-order valence-electron chi connectivity index (χ3n) is 4.41. The van der Waals surface area contributed by atoms with Crippen LogP contribution in [0.15, 0.2) is 35.1 Å². The van der Waals surface area contributed by atoms with Gasteiger partial charge in [0.05, 0.1) is 17.7 Å². The van der Waals surface area contributed by atoms with Crippen molar-refractivity contribution in [2.45, 2.75) is 31.6 Å². The highest BCUT2D eigenvalue weighted by Gasteiger charge is 2.23. The number of fused-ring (bicyclic) bond motifs is 3. The number of carboxylic acid groups (broad SMARTS) is 1. The fraction of sp³-hybridized carbons (Fsp3) is 0.278. The Morgan fingerprint density at radius 1 is 1.28 bits per heavy atom. The van der Waals surface area contributed by atoms with Crippen molar-refractivity contribution in [1.29, 1.82) is 0 Å². The SMILES string of the molecule is O=C(O)SCc1nc2sc3c(c2c(=O)n1Cc1ccccc1)CCC3. The second-order valence-electron chi connectivity index (χ2n) is 6.00. The summed E-state index contributed by atoms with van der Waals surface area (Å²) in [6.07, 6.45) is 3.03. The fourth-order valence-electron chi connectivity index (χ4n) is 3.28. The van der Waals surface area contributed by atoms with Crippen molar-refractivity contribution in [3.05, 3.63) is 62.5 Å². The predicted octanol–water partition coefficient (Wildman–Crippen LogP) is 3.91. The number of hydrogen-bond donors (Lipinski definition) is 1. The zero-order chi connectivity index (χ0) is 17.4. The number of thiophene rings is 1. The fourth-order valence-corrected chi connectivity index (χ4v) is 5.03. The number of aromatic nitrogens is 2. The number of aryl methyl sites for hydroxylation is 2. The van der Waals surface area contributed by atoms with Gasteiger partial charge in [0.2, 0.25) is 0 Å². The van der Waals surface area contributed by atoms with Crippen molar-refractivity contribution in [3.63, 3.8) is 0 Å². The van der Waals surface area contributed by atoms with E-state index < -0.39 is 5.30 Å². The molecule has 25 heavy (non-hydrogen) atoms. The van der Waals surface area contributed by atoms with Gasteiger partial charge in [-0.2, -0.15) is 0 Å². The lowest BCUT2D eigenvalue weighted by atomic mass is 10.2. The third-order valence-corrected chi connectivity index (χ3v) is 6.25.